The van der Waals surface area contributed by atoms with E-state index in [9.17, 15) is 8.42 Å². The number of aromatic nitrogens is 2. The van der Waals surface area contributed by atoms with Crippen molar-refractivity contribution < 1.29 is 8.42 Å². The first kappa shape index (κ1) is 22.6. The topological polar surface area (TPSA) is 108 Å². The molecule has 1 atom stereocenters. The maximum Gasteiger partial charge on any atom is 0.263 e. The first-order valence-electron chi connectivity index (χ1n) is 9.75. The number of nitrogens with one attached hydrogen (secondary N) is 2. The van der Waals surface area contributed by atoms with Gasteiger partial charge in [-0.25, -0.2) is 18.4 Å². The van der Waals surface area contributed by atoms with E-state index in [0.717, 1.165) is 12.0 Å². The number of rotatable bonds is 9. The zero-order valence-corrected chi connectivity index (χ0v) is 18.9. The van der Waals surface area contributed by atoms with Gasteiger partial charge in [0.15, 0.2) is 5.16 Å². The molecule has 0 saturated heterocycles. The van der Waals surface area contributed by atoms with E-state index in [-0.39, 0.29) is 16.8 Å². The molecule has 1 aromatic heterocycles. The van der Waals surface area contributed by atoms with Gasteiger partial charge in [0.1, 0.15) is 11.6 Å². The Balaban J connectivity index is 1.86. The normalized spacial score (nSPS) is 12.0. The third kappa shape index (κ3) is 6.44. The second-order valence-corrected chi connectivity index (χ2v) is 9.52. The van der Waals surface area contributed by atoms with Crippen molar-refractivity contribution in [3.05, 3.63) is 71.8 Å². The minimum absolute atomic E-state index is 0.0556. The van der Waals surface area contributed by atoms with Gasteiger partial charge in [-0.1, -0.05) is 49.0 Å². The minimum Gasteiger partial charge on any atom is -0.367 e. The smallest absolute Gasteiger partial charge is 0.263 e. The Morgan fingerprint density at radius 1 is 1.06 bits per heavy atom. The van der Waals surface area contributed by atoms with Crippen LogP contribution in [0.15, 0.2) is 70.7 Å². The average Bonchev–Trinajstić information content (AvgIpc) is 2.78. The van der Waals surface area contributed by atoms with E-state index in [1.165, 1.54) is 36.0 Å². The van der Waals surface area contributed by atoms with Gasteiger partial charge in [0, 0.05) is 17.9 Å². The van der Waals surface area contributed by atoms with Crippen molar-refractivity contribution in [1.82, 2.24) is 9.97 Å². The van der Waals surface area contributed by atoms with Crippen molar-refractivity contribution in [3.8, 4) is 6.07 Å². The van der Waals surface area contributed by atoms with E-state index in [2.05, 4.69) is 26.9 Å². The fourth-order valence-electron chi connectivity index (χ4n) is 2.60. The largest absolute Gasteiger partial charge is 0.367 e. The summed E-state index contributed by atoms with van der Waals surface area (Å²) in [7, 11) is -3.86. The monoisotopic (exact) mass is 453 g/mol. The van der Waals surface area contributed by atoms with Gasteiger partial charge in [0.05, 0.1) is 16.5 Å². The predicted octanol–water partition coefficient (Wildman–Crippen LogP) is 4.65. The molecule has 1 heterocycles. The van der Waals surface area contributed by atoms with E-state index < -0.39 is 10.0 Å². The molecule has 0 amide bonds. The maximum atomic E-state index is 12.8. The second-order valence-electron chi connectivity index (χ2n) is 6.89. The Hall–Kier alpha value is -3.09. The quantitative estimate of drug-likeness (QED) is 0.358. The van der Waals surface area contributed by atoms with Crippen molar-refractivity contribution >= 4 is 33.4 Å². The molecule has 0 radical (unpaired) electrons. The van der Waals surface area contributed by atoms with Gasteiger partial charge in [0.25, 0.3) is 10.0 Å². The molecule has 31 heavy (non-hydrogen) atoms. The summed E-state index contributed by atoms with van der Waals surface area (Å²) in [6.07, 6.45) is 0.892. The lowest BCUT2D eigenvalue weighted by molar-refractivity contribution is 0.601. The van der Waals surface area contributed by atoms with Gasteiger partial charge in [-0.3, -0.25) is 4.72 Å². The number of anilines is 2. The molecule has 0 unspecified atom stereocenters. The number of thioether (sulfide) groups is 1. The molecule has 9 heteroatoms. The van der Waals surface area contributed by atoms with Crippen LogP contribution < -0.4 is 10.0 Å². The third-order valence-electron chi connectivity index (χ3n) is 4.46. The molecule has 0 aliphatic rings. The van der Waals surface area contributed by atoms with Crippen LogP contribution in [0.1, 0.15) is 31.4 Å². The molecule has 3 aromatic rings. The maximum absolute atomic E-state index is 12.8. The molecule has 0 spiro atoms. The molecular formula is C22H23N5O2S2. The summed E-state index contributed by atoms with van der Waals surface area (Å²) in [6, 6.07) is 19.4. The van der Waals surface area contributed by atoms with Crippen LogP contribution in [0, 0.1) is 11.3 Å². The fraction of sp³-hybridized carbons (Fsp3) is 0.227. The van der Waals surface area contributed by atoms with Crippen LogP contribution in [-0.4, -0.2) is 24.4 Å². The Kier molecular flexibility index (Phi) is 7.50. The van der Waals surface area contributed by atoms with Crippen molar-refractivity contribution in [2.45, 2.75) is 42.1 Å². The zero-order valence-electron chi connectivity index (χ0n) is 17.2. The number of hydrogen-bond acceptors (Lipinski definition) is 7. The van der Waals surface area contributed by atoms with Crippen LogP contribution in [-0.2, 0) is 15.8 Å². The van der Waals surface area contributed by atoms with Crippen LogP contribution in [0.3, 0.4) is 0 Å². The molecule has 7 nitrogen and oxygen atoms in total. The highest BCUT2D eigenvalue weighted by Gasteiger charge is 2.17. The van der Waals surface area contributed by atoms with Gasteiger partial charge >= 0.3 is 0 Å². The van der Waals surface area contributed by atoms with E-state index in [0.29, 0.717) is 22.3 Å². The molecule has 3 rings (SSSR count). The van der Waals surface area contributed by atoms with Crippen LogP contribution in [0.25, 0.3) is 0 Å². The van der Waals surface area contributed by atoms with Crippen LogP contribution in [0.5, 0.6) is 0 Å². The van der Waals surface area contributed by atoms with E-state index in [1.54, 1.807) is 6.07 Å². The van der Waals surface area contributed by atoms with Gasteiger partial charge < -0.3 is 5.32 Å². The number of nitriles is 1. The molecule has 2 aromatic carbocycles. The molecule has 0 aliphatic heterocycles. The average molecular weight is 454 g/mol. The van der Waals surface area contributed by atoms with Gasteiger partial charge in [-0.2, -0.15) is 5.26 Å². The fourth-order valence-corrected chi connectivity index (χ4v) is 4.40. The standard InChI is InChI=1S/C22H23N5O2S2/c1-3-16(2)24-20-13-21(26-22(25-20)30-15-18-7-5-4-6-8-18)27-31(28,29)19-11-9-17(14-23)10-12-19/h4-13,16H,3,15H2,1-2H3,(H2,24,25,26,27)/t16-/m1/s1. The Morgan fingerprint density at radius 2 is 1.74 bits per heavy atom. The first-order valence-corrected chi connectivity index (χ1v) is 12.2. The summed E-state index contributed by atoms with van der Waals surface area (Å²) in [6.45, 7) is 4.08. The van der Waals surface area contributed by atoms with Crippen molar-refractivity contribution in [3.63, 3.8) is 0 Å². The van der Waals surface area contributed by atoms with Gasteiger partial charge in [-0.15, -0.1) is 0 Å². The number of nitrogens with zero attached hydrogens (tertiary/aromatic N) is 3. The lowest BCUT2D eigenvalue weighted by Gasteiger charge is -2.15. The van der Waals surface area contributed by atoms with Crippen molar-refractivity contribution in [2.75, 3.05) is 10.0 Å². The van der Waals surface area contributed by atoms with Gasteiger partial charge in [-0.05, 0) is 43.2 Å². The van der Waals surface area contributed by atoms with Crippen LogP contribution in [0.4, 0.5) is 11.6 Å². The number of hydrogen-bond donors (Lipinski definition) is 2. The third-order valence-corrected chi connectivity index (χ3v) is 6.74. The molecule has 160 valence electrons. The SMILES string of the molecule is CC[C@@H](C)Nc1cc(NS(=O)(=O)c2ccc(C#N)cc2)nc(SCc2ccccc2)n1. The minimum atomic E-state index is -3.86. The summed E-state index contributed by atoms with van der Waals surface area (Å²) >= 11 is 1.43. The van der Waals surface area contributed by atoms with Crippen LogP contribution >= 0.6 is 11.8 Å². The Morgan fingerprint density at radius 3 is 2.39 bits per heavy atom. The molecule has 0 fully saturated rings. The van der Waals surface area contributed by atoms with Crippen molar-refractivity contribution in [2.24, 2.45) is 0 Å². The molecule has 2 N–H and O–H groups in total. The molecule has 0 bridgehead atoms. The highest BCUT2D eigenvalue weighted by molar-refractivity contribution is 7.98. The first-order chi connectivity index (χ1) is 14.9. The predicted molar refractivity (Wildman–Crippen MR) is 123 cm³/mol. The number of benzene rings is 2. The lowest BCUT2D eigenvalue weighted by Crippen LogP contribution is -2.17. The summed E-state index contributed by atoms with van der Waals surface area (Å²) in [5, 5.41) is 12.7. The summed E-state index contributed by atoms with van der Waals surface area (Å²) in [4.78, 5) is 8.98. The van der Waals surface area contributed by atoms with E-state index in [4.69, 9.17) is 5.26 Å². The van der Waals surface area contributed by atoms with E-state index in [1.807, 2.05) is 43.3 Å². The molecular weight excluding hydrogens is 430 g/mol. The highest BCUT2D eigenvalue weighted by atomic mass is 32.2. The Bertz CT molecular complexity index is 1160. The summed E-state index contributed by atoms with van der Waals surface area (Å²) in [5.74, 6) is 1.40. The zero-order chi connectivity index (χ0) is 22.3. The Labute approximate surface area is 187 Å². The second kappa shape index (κ2) is 10.3. The highest BCUT2D eigenvalue weighted by Crippen LogP contribution is 2.25. The number of sulfonamides is 1. The van der Waals surface area contributed by atoms with E-state index >= 15 is 0 Å². The van der Waals surface area contributed by atoms with Crippen LogP contribution in [0.2, 0.25) is 0 Å². The lowest BCUT2D eigenvalue weighted by atomic mass is 10.2. The molecule has 0 saturated carbocycles. The molecule has 0 aliphatic carbocycles. The summed E-state index contributed by atoms with van der Waals surface area (Å²) in [5.41, 5.74) is 1.51. The van der Waals surface area contributed by atoms with Crippen molar-refractivity contribution in [1.29, 1.82) is 5.26 Å². The van der Waals surface area contributed by atoms with Gasteiger partial charge in [0.2, 0.25) is 0 Å². The summed E-state index contributed by atoms with van der Waals surface area (Å²) < 4.78 is 28.1.